The second kappa shape index (κ2) is 6.57. The van der Waals surface area contributed by atoms with Crippen LogP contribution in [0.4, 0.5) is 0 Å². The Labute approximate surface area is 141 Å². The van der Waals surface area contributed by atoms with Gasteiger partial charge in [0, 0.05) is 13.1 Å². The minimum atomic E-state index is 0.301. The van der Waals surface area contributed by atoms with Gasteiger partial charge in [-0.05, 0) is 44.4 Å². The number of carbonyl (C=O) groups is 1. The second-order valence-corrected chi connectivity index (χ2v) is 7.65. The van der Waals surface area contributed by atoms with Crippen molar-refractivity contribution < 1.29 is 4.79 Å². The zero-order chi connectivity index (χ0) is 15.6. The van der Waals surface area contributed by atoms with E-state index >= 15 is 0 Å². The van der Waals surface area contributed by atoms with Crippen molar-refractivity contribution in [3.8, 4) is 0 Å². The molecule has 2 saturated heterocycles. The number of likely N-dealkylation sites (tertiary alicyclic amines) is 2. The van der Waals surface area contributed by atoms with E-state index in [0.29, 0.717) is 18.5 Å². The van der Waals surface area contributed by atoms with Crippen molar-refractivity contribution in [3.05, 3.63) is 29.3 Å². The normalized spacial score (nSPS) is 22.8. The first kappa shape index (κ1) is 15.1. The minimum Gasteiger partial charge on any atom is -0.342 e. The summed E-state index contributed by atoms with van der Waals surface area (Å²) in [4.78, 5) is 21.8. The molecule has 0 unspecified atom stereocenters. The van der Waals surface area contributed by atoms with E-state index in [4.69, 9.17) is 4.98 Å². The van der Waals surface area contributed by atoms with Crippen LogP contribution in [0.15, 0.2) is 24.3 Å². The molecule has 2 aliphatic heterocycles. The van der Waals surface area contributed by atoms with Gasteiger partial charge in [-0.15, -0.1) is 11.3 Å². The number of para-hydroxylation sites is 1. The van der Waals surface area contributed by atoms with Crippen molar-refractivity contribution in [2.75, 3.05) is 26.2 Å². The first-order valence-corrected chi connectivity index (χ1v) is 9.50. The van der Waals surface area contributed by atoms with E-state index in [-0.39, 0.29) is 0 Å². The molecule has 0 bridgehead atoms. The highest BCUT2D eigenvalue weighted by Gasteiger charge is 2.30. The Morgan fingerprint density at radius 2 is 1.91 bits per heavy atom. The third kappa shape index (κ3) is 3.12. The topological polar surface area (TPSA) is 36.4 Å². The van der Waals surface area contributed by atoms with Gasteiger partial charge < -0.3 is 4.90 Å². The summed E-state index contributed by atoms with van der Waals surface area (Å²) in [5.41, 5.74) is 1.09. The van der Waals surface area contributed by atoms with Gasteiger partial charge >= 0.3 is 0 Å². The highest BCUT2D eigenvalue weighted by atomic mass is 32.1. The average Bonchev–Trinajstić information content (AvgIpc) is 3.25. The Morgan fingerprint density at radius 1 is 1.13 bits per heavy atom. The van der Waals surface area contributed by atoms with Gasteiger partial charge in [-0.25, -0.2) is 4.98 Å². The van der Waals surface area contributed by atoms with Crippen molar-refractivity contribution in [2.45, 2.75) is 38.1 Å². The fourth-order valence-corrected chi connectivity index (χ4v) is 4.87. The van der Waals surface area contributed by atoms with Gasteiger partial charge in [0.2, 0.25) is 5.91 Å². The van der Waals surface area contributed by atoms with Crippen LogP contribution in [-0.2, 0) is 4.79 Å². The van der Waals surface area contributed by atoms with E-state index in [1.807, 2.05) is 11.0 Å². The molecule has 122 valence electrons. The number of aromatic nitrogens is 1. The molecule has 0 spiro atoms. The Morgan fingerprint density at radius 3 is 2.74 bits per heavy atom. The maximum absolute atomic E-state index is 12.5. The first-order valence-electron chi connectivity index (χ1n) is 8.68. The van der Waals surface area contributed by atoms with E-state index in [1.165, 1.54) is 22.5 Å². The van der Waals surface area contributed by atoms with Crippen molar-refractivity contribution >= 4 is 27.5 Å². The highest BCUT2D eigenvalue weighted by Crippen LogP contribution is 2.35. The van der Waals surface area contributed by atoms with Crippen LogP contribution in [0.5, 0.6) is 0 Å². The second-order valence-electron chi connectivity index (χ2n) is 6.59. The Kier molecular flexibility index (Phi) is 4.31. The number of carbonyl (C=O) groups excluding carboxylic acids is 1. The lowest BCUT2D eigenvalue weighted by Gasteiger charge is -2.34. The molecule has 4 rings (SSSR count). The molecule has 1 amide bonds. The molecular weight excluding hydrogens is 306 g/mol. The summed E-state index contributed by atoms with van der Waals surface area (Å²) < 4.78 is 1.25. The Balaban J connectivity index is 1.53. The molecule has 4 nitrogen and oxygen atoms in total. The molecule has 1 atom stereocenters. The minimum absolute atomic E-state index is 0.301. The summed E-state index contributed by atoms with van der Waals surface area (Å²) in [6.45, 7) is 3.46. The number of hydrogen-bond acceptors (Lipinski definition) is 4. The molecule has 0 aliphatic carbocycles. The predicted molar refractivity (Wildman–Crippen MR) is 93.6 cm³/mol. The van der Waals surface area contributed by atoms with E-state index in [0.717, 1.165) is 44.4 Å². The van der Waals surface area contributed by atoms with Gasteiger partial charge in [0.15, 0.2) is 0 Å². The smallest absolute Gasteiger partial charge is 0.236 e. The quantitative estimate of drug-likeness (QED) is 0.865. The van der Waals surface area contributed by atoms with Gasteiger partial charge in [-0.1, -0.05) is 18.6 Å². The fourth-order valence-electron chi connectivity index (χ4n) is 3.73. The van der Waals surface area contributed by atoms with Crippen molar-refractivity contribution in [1.82, 2.24) is 14.8 Å². The number of amides is 1. The lowest BCUT2D eigenvalue weighted by Crippen LogP contribution is -2.42. The molecule has 2 fully saturated rings. The molecule has 23 heavy (non-hydrogen) atoms. The van der Waals surface area contributed by atoms with Crippen molar-refractivity contribution in [3.63, 3.8) is 0 Å². The average molecular weight is 329 g/mol. The Hall–Kier alpha value is -1.46. The third-order valence-electron chi connectivity index (χ3n) is 5.01. The maximum atomic E-state index is 12.5. The van der Waals surface area contributed by atoms with E-state index < -0.39 is 0 Å². The number of fused-ring (bicyclic) bond motifs is 1. The summed E-state index contributed by atoms with van der Waals surface area (Å²) in [6.07, 6.45) is 5.86. The Bertz CT molecular complexity index is 659. The van der Waals surface area contributed by atoms with E-state index in [2.05, 4.69) is 23.1 Å². The van der Waals surface area contributed by atoms with Crippen LogP contribution in [0.25, 0.3) is 10.2 Å². The van der Waals surface area contributed by atoms with Gasteiger partial charge in [0.05, 0.1) is 22.8 Å². The van der Waals surface area contributed by atoms with Crippen LogP contribution in [0.3, 0.4) is 0 Å². The van der Waals surface area contributed by atoms with Crippen LogP contribution in [0.2, 0.25) is 0 Å². The zero-order valence-electron chi connectivity index (χ0n) is 13.4. The number of rotatable bonds is 3. The number of benzene rings is 1. The number of thiazole rings is 1. The van der Waals surface area contributed by atoms with E-state index in [1.54, 1.807) is 11.3 Å². The summed E-state index contributed by atoms with van der Waals surface area (Å²) in [5, 5.41) is 1.18. The summed E-state index contributed by atoms with van der Waals surface area (Å²) in [5.74, 6) is 0.301. The lowest BCUT2D eigenvalue weighted by molar-refractivity contribution is -0.132. The molecule has 1 aromatic carbocycles. The van der Waals surface area contributed by atoms with Gasteiger partial charge in [-0.3, -0.25) is 9.69 Å². The molecule has 0 N–H and O–H groups in total. The highest BCUT2D eigenvalue weighted by molar-refractivity contribution is 7.18. The van der Waals surface area contributed by atoms with Crippen LogP contribution in [0, 0.1) is 0 Å². The molecule has 5 heteroatoms. The van der Waals surface area contributed by atoms with Gasteiger partial charge in [0.1, 0.15) is 5.01 Å². The number of nitrogens with zero attached hydrogens (tertiary/aromatic N) is 3. The summed E-state index contributed by atoms with van der Waals surface area (Å²) >= 11 is 1.79. The van der Waals surface area contributed by atoms with Crippen LogP contribution in [0.1, 0.15) is 43.2 Å². The van der Waals surface area contributed by atoms with Crippen LogP contribution >= 0.6 is 11.3 Å². The zero-order valence-corrected chi connectivity index (χ0v) is 14.2. The molecule has 0 radical (unpaired) electrons. The van der Waals surface area contributed by atoms with Crippen molar-refractivity contribution in [2.24, 2.45) is 0 Å². The van der Waals surface area contributed by atoms with Gasteiger partial charge in [0.25, 0.3) is 0 Å². The van der Waals surface area contributed by atoms with E-state index in [9.17, 15) is 4.79 Å². The SMILES string of the molecule is O=C(CN1CCCC[C@H]1c1nc2ccccc2s1)N1CCCC1. The van der Waals surface area contributed by atoms with Crippen LogP contribution in [-0.4, -0.2) is 46.9 Å². The van der Waals surface area contributed by atoms with Crippen molar-refractivity contribution in [1.29, 1.82) is 0 Å². The summed E-state index contributed by atoms with van der Waals surface area (Å²) in [6, 6.07) is 8.64. The predicted octanol–water partition coefficient (Wildman–Crippen LogP) is 3.45. The molecule has 1 aromatic heterocycles. The molecule has 2 aromatic rings. The number of piperidine rings is 1. The fraction of sp³-hybridized carbons (Fsp3) is 0.556. The monoisotopic (exact) mass is 329 g/mol. The van der Waals surface area contributed by atoms with Crippen LogP contribution < -0.4 is 0 Å². The van der Waals surface area contributed by atoms with Gasteiger partial charge in [-0.2, -0.15) is 0 Å². The third-order valence-corrected chi connectivity index (χ3v) is 6.14. The lowest BCUT2D eigenvalue weighted by atomic mass is 10.0. The molecule has 3 heterocycles. The first-order chi connectivity index (χ1) is 11.3. The molecule has 2 aliphatic rings. The largest absolute Gasteiger partial charge is 0.342 e. The molecule has 0 saturated carbocycles. The number of hydrogen-bond donors (Lipinski definition) is 0. The maximum Gasteiger partial charge on any atom is 0.236 e. The molecular formula is C18H23N3OS. The summed E-state index contributed by atoms with van der Waals surface area (Å²) in [7, 11) is 0. The standard InChI is InChI=1S/C18H23N3OS/c22-17(20-10-5-6-11-20)13-21-12-4-3-8-15(21)18-19-14-7-1-2-9-16(14)23-18/h1-2,7,9,15H,3-6,8,10-13H2/t15-/m0/s1.